The molecule has 2 saturated heterocycles. The number of nitrogens with zero attached hydrogens (tertiary/aromatic N) is 4. The van der Waals surface area contributed by atoms with Gasteiger partial charge in [-0.15, -0.1) is 0 Å². The van der Waals surface area contributed by atoms with Gasteiger partial charge in [0, 0.05) is 25.2 Å². The second-order valence-corrected chi connectivity index (χ2v) is 8.99. The number of fused-ring (bicyclic) bond motifs is 1. The van der Waals surface area contributed by atoms with Crippen molar-refractivity contribution in [2.24, 2.45) is 0 Å². The topological polar surface area (TPSA) is 114 Å². The molecule has 2 heterocycles. The second kappa shape index (κ2) is 10.3. The monoisotopic (exact) mass is 499 g/mol. The van der Waals surface area contributed by atoms with Gasteiger partial charge in [-0.1, -0.05) is 54.1 Å². The Hall–Kier alpha value is -3.63. The molecule has 2 aliphatic rings. The van der Waals surface area contributed by atoms with Gasteiger partial charge >= 0.3 is 12.0 Å². The summed E-state index contributed by atoms with van der Waals surface area (Å²) < 4.78 is 0. The predicted molar refractivity (Wildman–Crippen MR) is 127 cm³/mol. The van der Waals surface area contributed by atoms with Gasteiger partial charge in [-0.05, 0) is 23.3 Å². The number of hydrogen-bond donors (Lipinski definition) is 2. The first-order valence-corrected chi connectivity index (χ1v) is 11.5. The van der Waals surface area contributed by atoms with Crippen LogP contribution in [0.3, 0.4) is 0 Å². The van der Waals surface area contributed by atoms with Crippen molar-refractivity contribution in [3.63, 3.8) is 0 Å². The zero-order valence-corrected chi connectivity index (χ0v) is 19.9. The highest BCUT2D eigenvalue weighted by molar-refractivity contribution is 6.30. The van der Waals surface area contributed by atoms with E-state index in [0.717, 1.165) is 11.1 Å². The number of nitrogens with one attached hydrogen (secondary N) is 1. The average Bonchev–Trinajstić information content (AvgIpc) is 2.80. The van der Waals surface area contributed by atoms with E-state index in [1.54, 1.807) is 31.3 Å². The molecular weight excluding hydrogens is 474 g/mol. The Balaban J connectivity index is 1.62. The molecule has 184 valence electrons. The van der Waals surface area contributed by atoms with E-state index < -0.39 is 42.4 Å². The van der Waals surface area contributed by atoms with Gasteiger partial charge in [0.1, 0.15) is 12.2 Å². The second-order valence-electron chi connectivity index (χ2n) is 8.55. The summed E-state index contributed by atoms with van der Waals surface area (Å²) >= 11 is 6.09. The van der Waals surface area contributed by atoms with E-state index >= 15 is 0 Å². The van der Waals surface area contributed by atoms with Crippen LogP contribution in [-0.4, -0.2) is 81.1 Å². The average molecular weight is 500 g/mol. The molecule has 4 amide bonds. The number of rotatable bonds is 6. The maximum absolute atomic E-state index is 13.3. The van der Waals surface area contributed by atoms with Crippen LogP contribution in [0.15, 0.2) is 54.6 Å². The summed E-state index contributed by atoms with van der Waals surface area (Å²) in [6, 6.07) is 14.7. The fraction of sp³-hybridized carbons (Fsp3) is 0.333. The Labute approximate surface area is 207 Å². The molecule has 2 aromatic carbocycles. The Morgan fingerprint density at radius 1 is 1.09 bits per heavy atom. The molecule has 2 aliphatic heterocycles. The first-order chi connectivity index (χ1) is 16.7. The lowest BCUT2D eigenvalue weighted by Gasteiger charge is -2.54. The van der Waals surface area contributed by atoms with Crippen molar-refractivity contribution in [1.29, 1.82) is 0 Å². The third-order valence-corrected chi connectivity index (χ3v) is 6.30. The predicted octanol–water partition coefficient (Wildman–Crippen LogP) is 1.75. The van der Waals surface area contributed by atoms with Crippen LogP contribution in [0.4, 0.5) is 4.79 Å². The van der Waals surface area contributed by atoms with E-state index in [0.29, 0.717) is 5.02 Å². The number of halogens is 1. The highest BCUT2D eigenvalue weighted by Gasteiger charge is 2.51. The number of amides is 4. The lowest BCUT2D eigenvalue weighted by Crippen LogP contribution is -2.76. The SMILES string of the molecule is CN1CC(=O)N2[C@@H](CC(=O)O)C(=O)N(Cc3cccc(Cl)c3)C[C@@H]2N1C(=O)NCc1ccccc1. The quantitative estimate of drug-likeness (QED) is 0.626. The van der Waals surface area contributed by atoms with Crippen molar-refractivity contribution in [3.05, 3.63) is 70.7 Å². The molecule has 0 bridgehead atoms. The molecule has 10 nitrogen and oxygen atoms in total. The van der Waals surface area contributed by atoms with Gasteiger partial charge in [0.2, 0.25) is 11.8 Å². The zero-order valence-electron chi connectivity index (χ0n) is 19.1. The minimum Gasteiger partial charge on any atom is -0.481 e. The van der Waals surface area contributed by atoms with Crippen LogP contribution in [0.5, 0.6) is 0 Å². The van der Waals surface area contributed by atoms with Gasteiger partial charge in [0.05, 0.1) is 19.5 Å². The van der Waals surface area contributed by atoms with Crippen LogP contribution < -0.4 is 5.32 Å². The van der Waals surface area contributed by atoms with Crippen molar-refractivity contribution in [2.75, 3.05) is 20.1 Å². The molecule has 0 aromatic heterocycles. The van der Waals surface area contributed by atoms with Gasteiger partial charge in [-0.3, -0.25) is 14.4 Å². The number of aliphatic carboxylic acids is 1. The molecule has 11 heteroatoms. The molecule has 2 aromatic rings. The van der Waals surface area contributed by atoms with Gasteiger partial charge in [-0.2, -0.15) is 0 Å². The number of carboxylic acids is 1. The molecule has 35 heavy (non-hydrogen) atoms. The molecule has 0 spiro atoms. The van der Waals surface area contributed by atoms with Crippen LogP contribution in [0.2, 0.25) is 5.02 Å². The van der Waals surface area contributed by atoms with E-state index in [1.807, 2.05) is 30.3 Å². The number of carboxylic acid groups (broad SMARTS) is 1. The summed E-state index contributed by atoms with van der Waals surface area (Å²) in [6.45, 7) is 0.300. The number of benzene rings is 2. The van der Waals surface area contributed by atoms with Crippen molar-refractivity contribution in [3.8, 4) is 0 Å². The van der Waals surface area contributed by atoms with Crippen LogP contribution in [0.25, 0.3) is 0 Å². The molecule has 4 rings (SSSR count). The molecule has 2 N–H and O–H groups in total. The number of likely N-dealkylation sites (N-methyl/N-ethyl adjacent to an activating group) is 1. The minimum absolute atomic E-state index is 0.0241. The van der Waals surface area contributed by atoms with Crippen LogP contribution in [-0.2, 0) is 27.5 Å². The number of piperazine rings is 1. The number of hydrogen-bond acceptors (Lipinski definition) is 5. The summed E-state index contributed by atoms with van der Waals surface area (Å²) in [6.07, 6.45) is -1.42. The smallest absolute Gasteiger partial charge is 0.334 e. The fourth-order valence-electron chi connectivity index (χ4n) is 4.52. The van der Waals surface area contributed by atoms with Crippen LogP contribution in [0, 0.1) is 0 Å². The van der Waals surface area contributed by atoms with Crippen LogP contribution >= 0.6 is 11.6 Å². The zero-order chi connectivity index (χ0) is 25.1. The Bertz CT molecular complexity index is 1130. The van der Waals surface area contributed by atoms with Crippen LogP contribution in [0.1, 0.15) is 17.5 Å². The molecule has 0 unspecified atom stereocenters. The first-order valence-electron chi connectivity index (χ1n) is 11.1. The normalized spacial score (nSPS) is 20.6. The minimum atomic E-state index is -1.23. The Morgan fingerprint density at radius 2 is 1.80 bits per heavy atom. The number of urea groups is 1. The van der Waals surface area contributed by atoms with E-state index in [9.17, 15) is 24.3 Å². The molecule has 0 aliphatic carbocycles. The Morgan fingerprint density at radius 3 is 2.49 bits per heavy atom. The number of hydrazine groups is 1. The molecule has 2 atom stereocenters. The fourth-order valence-corrected chi connectivity index (χ4v) is 4.74. The Kier molecular flexibility index (Phi) is 7.23. The van der Waals surface area contributed by atoms with Gasteiger partial charge < -0.3 is 20.2 Å². The summed E-state index contributed by atoms with van der Waals surface area (Å²) in [7, 11) is 1.61. The third-order valence-electron chi connectivity index (χ3n) is 6.06. The lowest BCUT2D eigenvalue weighted by molar-refractivity contribution is -0.189. The van der Waals surface area contributed by atoms with Gasteiger partial charge in [0.25, 0.3) is 0 Å². The highest BCUT2D eigenvalue weighted by Crippen LogP contribution is 2.28. The largest absolute Gasteiger partial charge is 0.481 e. The van der Waals surface area contributed by atoms with Crippen molar-refractivity contribution in [2.45, 2.75) is 31.7 Å². The summed E-state index contributed by atoms with van der Waals surface area (Å²) in [4.78, 5) is 53.9. The van der Waals surface area contributed by atoms with Gasteiger partial charge in [-0.25, -0.2) is 14.8 Å². The van der Waals surface area contributed by atoms with Gasteiger partial charge in [0.15, 0.2) is 0 Å². The maximum atomic E-state index is 13.3. The lowest BCUT2D eigenvalue weighted by atomic mass is 10.0. The van der Waals surface area contributed by atoms with E-state index in [4.69, 9.17) is 11.6 Å². The number of carbonyl (C=O) groups excluding carboxylic acids is 3. The summed E-state index contributed by atoms with van der Waals surface area (Å²) in [5.41, 5.74) is 1.66. The van der Waals surface area contributed by atoms with Crippen molar-refractivity contribution < 1.29 is 24.3 Å². The molecule has 0 radical (unpaired) electrons. The van der Waals surface area contributed by atoms with E-state index in [1.165, 1.54) is 19.8 Å². The molecular formula is C24H26ClN5O5. The van der Waals surface area contributed by atoms with Crippen molar-refractivity contribution in [1.82, 2.24) is 25.1 Å². The van der Waals surface area contributed by atoms with E-state index in [2.05, 4.69) is 5.32 Å². The maximum Gasteiger partial charge on any atom is 0.334 e. The summed E-state index contributed by atoms with van der Waals surface area (Å²) in [5.74, 6) is -2.10. The molecule has 0 saturated carbocycles. The standard InChI is InChI=1S/C24H26ClN5O5/c1-27-15-21(31)29-19(11-22(32)33)23(34)28(13-17-8-5-9-18(25)10-17)14-20(29)30(27)24(35)26-12-16-6-3-2-4-7-16/h2-10,19-20H,11-15H2,1H3,(H,26,35)(H,32,33)/t19-,20-/m0/s1. The van der Waals surface area contributed by atoms with Crippen molar-refractivity contribution >= 4 is 35.4 Å². The first kappa shape index (κ1) is 24.5. The summed E-state index contributed by atoms with van der Waals surface area (Å²) in [5, 5.41) is 15.7. The van der Waals surface area contributed by atoms with E-state index in [-0.39, 0.29) is 26.2 Å². The third kappa shape index (κ3) is 5.39. The molecule has 2 fully saturated rings. The highest BCUT2D eigenvalue weighted by atomic mass is 35.5. The number of carbonyl (C=O) groups is 4.